The topological polar surface area (TPSA) is 116 Å². The lowest BCUT2D eigenvalue weighted by atomic mass is 10.1. The maximum absolute atomic E-state index is 13.6. The average molecular weight is 517 g/mol. The Balaban J connectivity index is 1.75. The van der Waals surface area contributed by atoms with Gasteiger partial charge in [-0.1, -0.05) is 0 Å². The molecule has 1 aromatic heterocycles. The number of nitrogens with one attached hydrogen (secondary N) is 2. The number of rotatable bonds is 9. The second kappa shape index (κ2) is 11.4. The highest BCUT2D eigenvalue weighted by Gasteiger charge is 2.20. The summed E-state index contributed by atoms with van der Waals surface area (Å²) in [7, 11) is 6.16. The summed E-state index contributed by atoms with van der Waals surface area (Å²) in [6.07, 6.45) is 0. The minimum absolute atomic E-state index is 0.290. The molecule has 2 N–H and O–H groups in total. The smallest absolute Gasteiger partial charge is 0.281 e. The second-order valence-electron chi connectivity index (χ2n) is 8.17. The van der Waals surface area contributed by atoms with Crippen molar-refractivity contribution in [3.05, 3.63) is 88.2 Å². The van der Waals surface area contributed by atoms with Crippen LogP contribution in [0.5, 0.6) is 23.0 Å². The minimum Gasteiger partial charge on any atom is -0.497 e. The molecule has 0 aliphatic carbocycles. The van der Waals surface area contributed by atoms with Gasteiger partial charge in [0.25, 0.3) is 11.5 Å². The van der Waals surface area contributed by atoms with Crippen molar-refractivity contribution >= 4 is 11.6 Å². The Morgan fingerprint density at radius 3 is 1.84 bits per heavy atom. The molecule has 196 valence electrons. The molecule has 10 nitrogen and oxygen atoms in total. The molecule has 10 heteroatoms. The summed E-state index contributed by atoms with van der Waals surface area (Å²) in [6, 6.07) is 19.1. The van der Waals surface area contributed by atoms with Gasteiger partial charge < -0.3 is 18.9 Å². The lowest BCUT2D eigenvalue weighted by molar-refractivity contribution is 0.0954. The maximum Gasteiger partial charge on any atom is 0.281 e. The van der Waals surface area contributed by atoms with Crippen LogP contribution in [-0.4, -0.2) is 49.8 Å². The molecule has 0 unspecified atom stereocenters. The number of ether oxygens (including phenoxy) is 4. The lowest BCUT2D eigenvalue weighted by Crippen LogP contribution is -2.23. The number of carbonyl (C=O) groups excluding carboxylic acids is 1. The van der Waals surface area contributed by atoms with Crippen molar-refractivity contribution in [2.45, 2.75) is 6.92 Å². The highest BCUT2D eigenvalue weighted by molar-refractivity contribution is 6.04. The standard InChI is InChI=1S/C28H28N4O6/c1-17(29-30-27(33)19-14-23(37-4)16-24(15-19)38-5)25-26(18-6-10-21(35-2)11-7-18)31-32(28(25)34)20-8-12-22(36-3)13-9-20/h6-16,31H,1-5H3,(H,30,33)/b29-17+. The number of aromatic nitrogens is 2. The number of carbonyl (C=O) groups is 1. The molecule has 0 spiro atoms. The molecular weight excluding hydrogens is 488 g/mol. The van der Waals surface area contributed by atoms with Gasteiger partial charge >= 0.3 is 0 Å². The summed E-state index contributed by atoms with van der Waals surface area (Å²) in [5.41, 5.74) is 4.98. The number of aromatic amines is 1. The average Bonchev–Trinajstić information content (AvgIpc) is 3.32. The lowest BCUT2D eigenvalue weighted by Gasteiger charge is -2.08. The van der Waals surface area contributed by atoms with Gasteiger partial charge in [0.1, 0.15) is 23.0 Å². The predicted octanol–water partition coefficient (Wildman–Crippen LogP) is 4.02. The van der Waals surface area contributed by atoms with E-state index in [1.165, 1.54) is 18.9 Å². The second-order valence-corrected chi connectivity index (χ2v) is 8.17. The Labute approximate surface area is 219 Å². The Hall–Kier alpha value is -4.99. The number of amides is 1. The summed E-state index contributed by atoms with van der Waals surface area (Å²) in [5.74, 6) is 1.78. The van der Waals surface area contributed by atoms with Crippen LogP contribution in [0, 0.1) is 0 Å². The van der Waals surface area contributed by atoms with E-state index < -0.39 is 5.91 Å². The Kier molecular flexibility index (Phi) is 7.81. The van der Waals surface area contributed by atoms with Gasteiger partial charge in [0, 0.05) is 17.2 Å². The molecule has 3 aromatic carbocycles. The summed E-state index contributed by atoms with van der Waals surface area (Å²) in [4.78, 5) is 26.5. The third-order valence-electron chi connectivity index (χ3n) is 5.90. The molecule has 4 rings (SSSR count). The van der Waals surface area contributed by atoms with Crippen LogP contribution in [0.3, 0.4) is 0 Å². The van der Waals surface area contributed by atoms with Crippen LogP contribution in [0.2, 0.25) is 0 Å². The van der Waals surface area contributed by atoms with E-state index >= 15 is 0 Å². The van der Waals surface area contributed by atoms with Crippen LogP contribution in [0.4, 0.5) is 0 Å². The van der Waals surface area contributed by atoms with E-state index in [4.69, 9.17) is 18.9 Å². The Bertz CT molecular complexity index is 1500. The fourth-order valence-corrected chi connectivity index (χ4v) is 3.85. The number of nitrogens with zero attached hydrogens (tertiary/aromatic N) is 2. The molecule has 1 heterocycles. The molecule has 0 bridgehead atoms. The van der Waals surface area contributed by atoms with Crippen LogP contribution in [-0.2, 0) is 0 Å². The number of methoxy groups -OCH3 is 4. The van der Waals surface area contributed by atoms with Gasteiger partial charge in [-0.05, 0) is 67.6 Å². The summed E-state index contributed by atoms with van der Waals surface area (Å²) >= 11 is 0. The largest absolute Gasteiger partial charge is 0.497 e. The number of benzene rings is 3. The van der Waals surface area contributed by atoms with Gasteiger partial charge in [-0.15, -0.1) is 0 Å². The van der Waals surface area contributed by atoms with Crippen molar-refractivity contribution in [1.29, 1.82) is 0 Å². The van der Waals surface area contributed by atoms with Gasteiger partial charge in [0.15, 0.2) is 0 Å². The zero-order valence-electron chi connectivity index (χ0n) is 21.7. The quantitative estimate of drug-likeness (QED) is 0.256. The normalized spacial score (nSPS) is 11.1. The molecule has 0 radical (unpaired) electrons. The molecule has 0 fully saturated rings. The Morgan fingerprint density at radius 2 is 1.32 bits per heavy atom. The van der Waals surface area contributed by atoms with Crippen LogP contribution in [0.1, 0.15) is 22.8 Å². The van der Waals surface area contributed by atoms with Gasteiger partial charge in [-0.25, -0.2) is 10.1 Å². The highest BCUT2D eigenvalue weighted by atomic mass is 16.5. The SMILES string of the molecule is COc1ccc(-c2[nH]n(-c3ccc(OC)cc3)c(=O)c2/C(C)=N/NC(=O)c2cc(OC)cc(OC)c2)cc1. The van der Waals surface area contributed by atoms with Crippen LogP contribution in [0.25, 0.3) is 16.9 Å². The molecule has 0 aliphatic heterocycles. The van der Waals surface area contributed by atoms with E-state index in [1.54, 1.807) is 75.7 Å². The van der Waals surface area contributed by atoms with Gasteiger partial charge in [0.2, 0.25) is 0 Å². The van der Waals surface area contributed by atoms with Crippen molar-refractivity contribution in [1.82, 2.24) is 15.2 Å². The molecule has 38 heavy (non-hydrogen) atoms. The van der Waals surface area contributed by atoms with Crippen LogP contribution < -0.4 is 29.9 Å². The van der Waals surface area contributed by atoms with Gasteiger partial charge in [-0.3, -0.25) is 14.7 Å². The van der Waals surface area contributed by atoms with E-state index in [9.17, 15) is 9.59 Å². The highest BCUT2D eigenvalue weighted by Crippen LogP contribution is 2.25. The van der Waals surface area contributed by atoms with Crippen LogP contribution in [0.15, 0.2) is 76.6 Å². The van der Waals surface area contributed by atoms with Crippen molar-refractivity contribution in [2.75, 3.05) is 28.4 Å². The summed E-state index contributed by atoms with van der Waals surface area (Å²) in [5, 5.41) is 7.44. The monoisotopic (exact) mass is 516 g/mol. The first-order valence-electron chi connectivity index (χ1n) is 11.6. The molecule has 0 saturated carbocycles. The molecule has 0 aliphatic rings. The molecule has 0 saturated heterocycles. The first-order chi connectivity index (χ1) is 18.4. The molecular formula is C28H28N4O6. The minimum atomic E-state index is -0.487. The van der Waals surface area contributed by atoms with Crippen molar-refractivity contribution in [3.8, 4) is 39.9 Å². The van der Waals surface area contributed by atoms with E-state index in [2.05, 4.69) is 15.6 Å². The predicted molar refractivity (Wildman–Crippen MR) is 144 cm³/mol. The maximum atomic E-state index is 13.6. The number of H-pyrrole nitrogens is 1. The Morgan fingerprint density at radius 1 is 0.789 bits per heavy atom. The zero-order chi connectivity index (χ0) is 27.2. The van der Waals surface area contributed by atoms with Crippen LogP contribution >= 0.6 is 0 Å². The van der Waals surface area contributed by atoms with E-state index in [1.807, 2.05) is 12.1 Å². The van der Waals surface area contributed by atoms with Gasteiger partial charge in [-0.2, -0.15) is 5.10 Å². The molecule has 4 aromatic rings. The summed E-state index contributed by atoms with van der Waals surface area (Å²) < 4.78 is 22.4. The number of hydrazone groups is 1. The first-order valence-corrected chi connectivity index (χ1v) is 11.6. The first kappa shape index (κ1) is 26.1. The summed E-state index contributed by atoms with van der Waals surface area (Å²) in [6.45, 7) is 1.66. The fraction of sp³-hybridized carbons (Fsp3) is 0.179. The van der Waals surface area contributed by atoms with Gasteiger partial charge in [0.05, 0.1) is 51.1 Å². The third-order valence-corrected chi connectivity index (χ3v) is 5.90. The van der Waals surface area contributed by atoms with Crippen molar-refractivity contribution < 1.29 is 23.7 Å². The van der Waals surface area contributed by atoms with E-state index in [-0.39, 0.29) is 11.1 Å². The van der Waals surface area contributed by atoms with Crippen molar-refractivity contribution in [2.24, 2.45) is 5.10 Å². The zero-order valence-corrected chi connectivity index (χ0v) is 21.7. The third kappa shape index (κ3) is 5.39. The van der Waals surface area contributed by atoms with Crippen molar-refractivity contribution in [3.63, 3.8) is 0 Å². The fourth-order valence-electron chi connectivity index (χ4n) is 3.85. The number of hydrogen-bond acceptors (Lipinski definition) is 7. The van der Waals surface area contributed by atoms with E-state index in [0.29, 0.717) is 45.7 Å². The number of hydrogen-bond donors (Lipinski definition) is 2. The van der Waals surface area contributed by atoms with E-state index in [0.717, 1.165) is 5.56 Å². The molecule has 0 atom stereocenters. The molecule has 1 amide bonds.